The quantitative estimate of drug-likeness (QED) is 0.525. The Balaban J connectivity index is 0.000000640. The molecule has 9 heavy (non-hydrogen) atoms. The third-order valence-electron chi connectivity index (χ3n) is 0.893. The Hall–Kier alpha value is -0.531. The molecule has 3 heteroatoms. The molecule has 1 radical (unpaired) electrons. The van der Waals surface area contributed by atoms with Gasteiger partial charge in [-0.05, 0) is 0 Å². The molecule has 1 aromatic heterocycles. The van der Waals surface area contributed by atoms with Crippen LogP contribution in [0.4, 0.5) is 0 Å². The van der Waals surface area contributed by atoms with Crippen molar-refractivity contribution >= 4 is 0 Å². The van der Waals surface area contributed by atoms with E-state index >= 15 is 0 Å². The van der Waals surface area contributed by atoms with Gasteiger partial charge in [0, 0.05) is 35.9 Å². The molecule has 1 N–H and O–H groups in total. The van der Waals surface area contributed by atoms with Crippen molar-refractivity contribution in [1.82, 2.24) is 9.97 Å². The van der Waals surface area contributed by atoms with Crippen molar-refractivity contribution in [2.24, 2.45) is 0 Å². The van der Waals surface area contributed by atoms with Crippen molar-refractivity contribution in [3.05, 3.63) is 30.9 Å². The number of hydrogen-bond acceptors (Lipinski definition) is 1. The second-order valence-electron chi connectivity index (χ2n) is 1.53. The topological polar surface area (TPSA) is 28.7 Å². The molecule has 0 fully saturated rings. The maximum Gasteiger partial charge on any atom is 0.109 e. The van der Waals surface area contributed by atoms with Crippen LogP contribution in [0.15, 0.2) is 25.0 Å². The minimum Gasteiger partial charge on any atom is -0.348 e. The van der Waals surface area contributed by atoms with Crippen LogP contribution in [0.3, 0.4) is 0 Å². The summed E-state index contributed by atoms with van der Waals surface area (Å²) >= 11 is 0. The normalized spacial score (nSPS) is 8.00. The van der Waals surface area contributed by atoms with Crippen molar-refractivity contribution in [2.45, 2.75) is 6.42 Å². The third kappa shape index (κ3) is 2.49. The standard InChI is InChI=1S/C6H8N2.Cu/c1-2-3-6-7-4-5-8-6;/h2,4-5H,1,3H2,(H,7,8);. The van der Waals surface area contributed by atoms with Crippen LogP contribution in [0.25, 0.3) is 0 Å². The fourth-order valence-electron chi connectivity index (χ4n) is 0.546. The van der Waals surface area contributed by atoms with E-state index in [2.05, 4.69) is 16.5 Å². The molecular weight excluding hydrogens is 164 g/mol. The maximum absolute atomic E-state index is 3.98. The van der Waals surface area contributed by atoms with E-state index in [-0.39, 0.29) is 17.1 Å². The Bertz CT molecular complexity index is 158. The van der Waals surface area contributed by atoms with Crippen LogP contribution >= 0.6 is 0 Å². The van der Waals surface area contributed by atoms with Gasteiger partial charge < -0.3 is 4.98 Å². The number of aromatic nitrogens is 2. The molecule has 0 amide bonds. The average molecular weight is 172 g/mol. The number of rotatable bonds is 2. The second-order valence-corrected chi connectivity index (χ2v) is 1.53. The predicted molar refractivity (Wildman–Crippen MR) is 32.5 cm³/mol. The molecule has 0 saturated heterocycles. The number of nitrogens with zero attached hydrogens (tertiary/aromatic N) is 1. The molecule has 2 nitrogen and oxygen atoms in total. The predicted octanol–water partition coefficient (Wildman–Crippen LogP) is 1.14. The summed E-state index contributed by atoms with van der Waals surface area (Å²) in [4.78, 5) is 6.93. The zero-order valence-corrected chi connectivity index (χ0v) is 5.84. The number of H-pyrrole nitrogens is 1. The summed E-state index contributed by atoms with van der Waals surface area (Å²) in [5.41, 5.74) is 0. The van der Waals surface area contributed by atoms with E-state index in [1.165, 1.54) is 0 Å². The molecule has 1 rings (SSSR count). The van der Waals surface area contributed by atoms with Gasteiger partial charge in [0.2, 0.25) is 0 Å². The zero-order chi connectivity index (χ0) is 5.82. The van der Waals surface area contributed by atoms with Crippen LogP contribution in [-0.2, 0) is 23.5 Å². The van der Waals surface area contributed by atoms with E-state index in [0.29, 0.717) is 0 Å². The Morgan fingerprint density at radius 3 is 3.00 bits per heavy atom. The van der Waals surface area contributed by atoms with Gasteiger partial charge in [0.05, 0.1) is 0 Å². The van der Waals surface area contributed by atoms with Crippen LogP contribution in [0.5, 0.6) is 0 Å². The Morgan fingerprint density at radius 2 is 2.56 bits per heavy atom. The van der Waals surface area contributed by atoms with Crippen LogP contribution in [0.2, 0.25) is 0 Å². The summed E-state index contributed by atoms with van der Waals surface area (Å²) in [7, 11) is 0. The molecule has 0 aromatic carbocycles. The van der Waals surface area contributed by atoms with Gasteiger partial charge >= 0.3 is 0 Å². The summed E-state index contributed by atoms with van der Waals surface area (Å²) in [6.07, 6.45) is 6.18. The van der Waals surface area contributed by atoms with Gasteiger partial charge in [0.15, 0.2) is 0 Å². The summed E-state index contributed by atoms with van der Waals surface area (Å²) in [5, 5.41) is 0. The minimum atomic E-state index is 0. The van der Waals surface area contributed by atoms with Gasteiger partial charge in [-0.15, -0.1) is 6.58 Å². The SMILES string of the molecule is C=CCc1ncc[nH]1.[Cu]. The molecule has 0 unspecified atom stereocenters. The molecule has 1 aromatic rings. The number of nitrogens with one attached hydrogen (secondary N) is 1. The van der Waals surface area contributed by atoms with E-state index < -0.39 is 0 Å². The summed E-state index contributed by atoms with van der Waals surface area (Å²) in [6, 6.07) is 0. The van der Waals surface area contributed by atoms with Crippen LogP contribution < -0.4 is 0 Å². The van der Waals surface area contributed by atoms with E-state index in [1.807, 2.05) is 6.08 Å². The maximum atomic E-state index is 3.98. The van der Waals surface area contributed by atoms with E-state index in [1.54, 1.807) is 12.4 Å². The van der Waals surface area contributed by atoms with E-state index in [0.717, 1.165) is 12.2 Å². The zero-order valence-electron chi connectivity index (χ0n) is 4.89. The van der Waals surface area contributed by atoms with Gasteiger partial charge in [-0.1, -0.05) is 6.08 Å². The van der Waals surface area contributed by atoms with Crippen molar-refractivity contribution < 1.29 is 17.1 Å². The van der Waals surface area contributed by atoms with Crippen LogP contribution in [0, 0.1) is 0 Å². The Kier molecular flexibility index (Phi) is 4.10. The first kappa shape index (κ1) is 8.47. The number of allylic oxidation sites excluding steroid dienone is 1. The van der Waals surface area contributed by atoms with Gasteiger partial charge in [0.25, 0.3) is 0 Å². The van der Waals surface area contributed by atoms with Gasteiger partial charge in [-0.2, -0.15) is 0 Å². The molecule has 0 spiro atoms. The first-order valence-electron chi connectivity index (χ1n) is 2.52. The van der Waals surface area contributed by atoms with E-state index in [4.69, 9.17) is 0 Å². The number of aromatic amines is 1. The molecule has 0 aliphatic heterocycles. The molecular formula is C6H8CuN2. The average Bonchev–Trinajstić information content (AvgIpc) is 2.19. The summed E-state index contributed by atoms with van der Waals surface area (Å²) in [6.45, 7) is 3.58. The van der Waals surface area contributed by atoms with Crippen molar-refractivity contribution in [1.29, 1.82) is 0 Å². The largest absolute Gasteiger partial charge is 0.348 e. The smallest absolute Gasteiger partial charge is 0.109 e. The third-order valence-corrected chi connectivity index (χ3v) is 0.893. The first-order chi connectivity index (χ1) is 3.93. The molecule has 0 atom stereocenters. The minimum absolute atomic E-state index is 0. The van der Waals surface area contributed by atoms with E-state index in [9.17, 15) is 0 Å². The first-order valence-corrected chi connectivity index (χ1v) is 2.52. The molecule has 0 saturated carbocycles. The summed E-state index contributed by atoms with van der Waals surface area (Å²) < 4.78 is 0. The van der Waals surface area contributed by atoms with Gasteiger partial charge in [0.1, 0.15) is 5.82 Å². The fourth-order valence-corrected chi connectivity index (χ4v) is 0.546. The molecule has 0 aliphatic carbocycles. The second kappa shape index (κ2) is 4.36. The van der Waals surface area contributed by atoms with Gasteiger partial charge in [-0.25, -0.2) is 4.98 Å². The van der Waals surface area contributed by atoms with Crippen molar-refractivity contribution in [3.8, 4) is 0 Å². The van der Waals surface area contributed by atoms with Crippen LogP contribution in [0.1, 0.15) is 5.82 Å². The molecule has 1 heterocycles. The molecule has 53 valence electrons. The Labute approximate surface area is 64.9 Å². The molecule has 0 aliphatic rings. The molecule has 0 bridgehead atoms. The Morgan fingerprint density at radius 1 is 1.78 bits per heavy atom. The number of imidazole rings is 1. The van der Waals surface area contributed by atoms with Gasteiger partial charge in [-0.3, -0.25) is 0 Å². The van der Waals surface area contributed by atoms with Crippen molar-refractivity contribution in [2.75, 3.05) is 0 Å². The monoisotopic (exact) mass is 171 g/mol. The number of hydrogen-bond donors (Lipinski definition) is 1. The fraction of sp³-hybridized carbons (Fsp3) is 0.167. The van der Waals surface area contributed by atoms with Crippen molar-refractivity contribution in [3.63, 3.8) is 0 Å². The van der Waals surface area contributed by atoms with Crippen LogP contribution in [-0.4, -0.2) is 9.97 Å². The summed E-state index contributed by atoms with van der Waals surface area (Å²) in [5.74, 6) is 0.972.